The van der Waals surface area contributed by atoms with Crippen LogP contribution in [0.3, 0.4) is 0 Å². The van der Waals surface area contributed by atoms with Crippen molar-refractivity contribution in [3.63, 3.8) is 0 Å². The number of aliphatic carboxylic acids is 1. The van der Waals surface area contributed by atoms with Gasteiger partial charge in [-0.25, -0.2) is 0 Å². The minimum Gasteiger partial charge on any atom is -0.481 e. The van der Waals surface area contributed by atoms with Gasteiger partial charge in [0.05, 0.1) is 5.92 Å². The number of rotatable bonds is 5. The number of hydrogen-bond acceptors (Lipinski definition) is 2. The fourth-order valence-electron chi connectivity index (χ4n) is 2.82. The minimum absolute atomic E-state index is 0.140. The van der Waals surface area contributed by atoms with Crippen LogP contribution >= 0.6 is 11.6 Å². The van der Waals surface area contributed by atoms with Gasteiger partial charge in [-0.1, -0.05) is 30.7 Å². The number of hydrogen-bond donors (Lipinski definition) is 2. The van der Waals surface area contributed by atoms with Crippen molar-refractivity contribution in [2.45, 2.75) is 44.6 Å². The monoisotopic (exact) mass is 295 g/mol. The second-order valence-corrected chi connectivity index (χ2v) is 6.19. The summed E-state index contributed by atoms with van der Waals surface area (Å²) in [6.45, 7) is 3.09. The molecule has 0 amide bonds. The second-order valence-electron chi connectivity index (χ2n) is 5.75. The van der Waals surface area contributed by atoms with Crippen LogP contribution in [-0.4, -0.2) is 23.7 Å². The summed E-state index contributed by atoms with van der Waals surface area (Å²) in [4.78, 5) is 10.9. The van der Waals surface area contributed by atoms with Crippen LogP contribution in [0, 0.1) is 5.92 Å². The smallest absolute Gasteiger partial charge is 0.306 e. The predicted molar refractivity (Wildman–Crippen MR) is 81.3 cm³/mol. The Labute approximate surface area is 125 Å². The maximum atomic E-state index is 10.9. The number of carboxylic acid groups (broad SMARTS) is 1. The molecule has 0 aliphatic heterocycles. The van der Waals surface area contributed by atoms with Gasteiger partial charge < -0.3 is 10.4 Å². The Morgan fingerprint density at radius 3 is 2.70 bits per heavy atom. The number of carboxylic acids is 1. The Bertz CT molecular complexity index is 456. The second kappa shape index (κ2) is 7.09. The molecule has 1 aromatic rings. The van der Waals surface area contributed by atoms with Crippen LogP contribution in [0.2, 0.25) is 5.02 Å². The lowest BCUT2D eigenvalue weighted by Crippen LogP contribution is -2.36. The van der Waals surface area contributed by atoms with Crippen LogP contribution in [0.25, 0.3) is 0 Å². The molecule has 1 saturated carbocycles. The van der Waals surface area contributed by atoms with Crippen molar-refractivity contribution in [2.24, 2.45) is 5.92 Å². The topological polar surface area (TPSA) is 49.3 Å². The van der Waals surface area contributed by atoms with Crippen LogP contribution in [0.5, 0.6) is 0 Å². The lowest BCUT2D eigenvalue weighted by Gasteiger charge is -2.28. The van der Waals surface area contributed by atoms with Crippen LogP contribution in [0.1, 0.15) is 44.1 Å². The number of benzene rings is 1. The van der Waals surface area contributed by atoms with E-state index >= 15 is 0 Å². The lowest BCUT2D eigenvalue weighted by atomic mass is 9.86. The van der Waals surface area contributed by atoms with Crippen LogP contribution < -0.4 is 5.32 Å². The number of nitrogens with one attached hydrogen (secondary N) is 1. The molecule has 20 heavy (non-hydrogen) atoms. The zero-order chi connectivity index (χ0) is 14.5. The van der Waals surface area contributed by atoms with Gasteiger partial charge in [0.25, 0.3) is 0 Å². The Balaban J connectivity index is 1.77. The molecule has 1 aliphatic rings. The molecule has 1 unspecified atom stereocenters. The molecule has 3 nitrogen and oxygen atoms in total. The van der Waals surface area contributed by atoms with E-state index in [-0.39, 0.29) is 5.92 Å². The highest BCUT2D eigenvalue weighted by molar-refractivity contribution is 6.30. The average Bonchev–Trinajstić information content (AvgIpc) is 2.45. The van der Waals surface area contributed by atoms with Crippen molar-refractivity contribution in [3.05, 3.63) is 34.9 Å². The van der Waals surface area contributed by atoms with Gasteiger partial charge in [-0.3, -0.25) is 4.79 Å². The molecule has 0 radical (unpaired) electrons. The quantitative estimate of drug-likeness (QED) is 0.871. The van der Waals surface area contributed by atoms with E-state index in [1.54, 1.807) is 0 Å². The van der Waals surface area contributed by atoms with Gasteiger partial charge in [-0.2, -0.15) is 0 Å². The average molecular weight is 296 g/mol. The van der Waals surface area contributed by atoms with Crippen molar-refractivity contribution in [2.75, 3.05) is 6.54 Å². The Kier molecular flexibility index (Phi) is 5.44. The van der Waals surface area contributed by atoms with Gasteiger partial charge in [0, 0.05) is 17.6 Å². The number of halogens is 1. The molecule has 2 rings (SSSR count). The van der Waals surface area contributed by atoms with Crippen LogP contribution in [-0.2, 0) is 4.79 Å². The van der Waals surface area contributed by atoms with Crippen LogP contribution in [0.15, 0.2) is 24.3 Å². The summed E-state index contributed by atoms with van der Waals surface area (Å²) in [5, 5.41) is 13.3. The third-order valence-electron chi connectivity index (χ3n) is 4.21. The first kappa shape index (κ1) is 15.3. The third-order valence-corrected chi connectivity index (χ3v) is 4.44. The lowest BCUT2D eigenvalue weighted by molar-refractivity contribution is -0.142. The summed E-state index contributed by atoms with van der Waals surface area (Å²) in [7, 11) is 0. The summed E-state index contributed by atoms with van der Waals surface area (Å²) in [6.07, 6.45) is 3.50. The summed E-state index contributed by atoms with van der Waals surface area (Å²) in [5.74, 6) is -0.375. The Morgan fingerprint density at radius 2 is 2.10 bits per heavy atom. The maximum absolute atomic E-state index is 10.9. The molecule has 0 saturated heterocycles. The van der Waals surface area contributed by atoms with Crippen molar-refractivity contribution < 1.29 is 9.90 Å². The van der Waals surface area contributed by atoms with E-state index in [1.165, 1.54) is 5.56 Å². The van der Waals surface area contributed by atoms with Crippen molar-refractivity contribution in [1.29, 1.82) is 0 Å². The van der Waals surface area contributed by atoms with Crippen molar-refractivity contribution in [1.82, 2.24) is 5.32 Å². The highest BCUT2D eigenvalue weighted by Gasteiger charge is 2.25. The summed E-state index contributed by atoms with van der Waals surface area (Å²) < 4.78 is 0. The largest absolute Gasteiger partial charge is 0.481 e. The highest BCUT2D eigenvalue weighted by Crippen LogP contribution is 2.25. The Hall–Kier alpha value is -1.06. The third kappa shape index (κ3) is 4.22. The summed E-state index contributed by atoms with van der Waals surface area (Å²) in [5.41, 5.74) is 1.24. The van der Waals surface area contributed by atoms with Gasteiger partial charge in [0.15, 0.2) is 0 Å². The molecular formula is C16H22ClNO2. The van der Waals surface area contributed by atoms with Gasteiger partial charge >= 0.3 is 5.97 Å². The molecule has 0 aromatic heterocycles. The van der Waals surface area contributed by atoms with Gasteiger partial charge in [-0.05, 0) is 49.3 Å². The summed E-state index contributed by atoms with van der Waals surface area (Å²) >= 11 is 6.01. The first-order valence-electron chi connectivity index (χ1n) is 7.28. The maximum Gasteiger partial charge on any atom is 0.306 e. The number of carbonyl (C=O) groups is 1. The fourth-order valence-corrected chi connectivity index (χ4v) is 3.02. The highest BCUT2D eigenvalue weighted by atomic mass is 35.5. The molecule has 1 fully saturated rings. The Morgan fingerprint density at radius 1 is 1.40 bits per heavy atom. The molecule has 4 heteroatoms. The van der Waals surface area contributed by atoms with E-state index in [4.69, 9.17) is 16.7 Å². The molecular weight excluding hydrogens is 274 g/mol. The molecule has 1 atom stereocenters. The van der Waals surface area contributed by atoms with Crippen LogP contribution in [0.4, 0.5) is 0 Å². The first-order chi connectivity index (χ1) is 9.56. The molecule has 1 aromatic carbocycles. The fraction of sp³-hybridized carbons (Fsp3) is 0.562. The minimum atomic E-state index is -0.643. The molecule has 1 aliphatic carbocycles. The zero-order valence-electron chi connectivity index (χ0n) is 11.8. The van der Waals surface area contributed by atoms with Crippen molar-refractivity contribution in [3.8, 4) is 0 Å². The molecule has 2 N–H and O–H groups in total. The molecule has 110 valence electrons. The SMILES string of the molecule is CC(CNC1CCC(C(=O)O)CC1)c1cccc(Cl)c1. The normalized spacial score (nSPS) is 24.3. The molecule has 0 spiro atoms. The van der Waals surface area contributed by atoms with Crippen molar-refractivity contribution >= 4 is 17.6 Å². The first-order valence-corrected chi connectivity index (χ1v) is 7.65. The standard InChI is InChI=1S/C16H22ClNO2/c1-11(13-3-2-4-14(17)9-13)10-18-15-7-5-12(6-8-15)16(19)20/h2-4,9,11-12,15,18H,5-8,10H2,1H3,(H,19,20). The van der Waals surface area contributed by atoms with Gasteiger partial charge in [0.1, 0.15) is 0 Å². The van der Waals surface area contributed by atoms with E-state index in [1.807, 2.05) is 18.2 Å². The van der Waals surface area contributed by atoms with E-state index in [0.717, 1.165) is 37.3 Å². The zero-order valence-corrected chi connectivity index (χ0v) is 12.6. The van der Waals surface area contributed by atoms with E-state index in [0.29, 0.717) is 12.0 Å². The van der Waals surface area contributed by atoms with E-state index in [2.05, 4.69) is 18.3 Å². The predicted octanol–water partition coefficient (Wildman–Crippen LogP) is 3.68. The van der Waals surface area contributed by atoms with E-state index in [9.17, 15) is 4.79 Å². The summed E-state index contributed by atoms with van der Waals surface area (Å²) in [6, 6.07) is 8.42. The van der Waals surface area contributed by atoms with Gasteiger partial charge in [-0.15, -0.1) is 0 Å². The van der Waals surface area contributed by atoms with E-state index < -0.39 is 5.97 Å². The molecule has 0 heterocycles. The molecule has 0 bridgehead atoms. The van der Waals surface area contributed by atoms with Gasteiger partial charge in [0.2, 0.25) is 0 Å².